The summed E-state index contributed by atoms with van der Waals surface area (Å²) >= 11 is 6.71. The quantitative estimate of drug-likeness (QED) is 0.585. The maximum atomic E-state index is 11.7. The van der Waals surface area contributed by atoms with E-state index in [4.69, 9.17) is 11.6 Å². The zero-order chi connectivity index (χ0) is 17.1. The fourth-order valence-electron chi connectivity index (χ4n) is 4.39. The van der Waals surface area contributed by atoms with Crippen LogP contribution in [0.1, 0.15) is 54.8 Å². The zero-order valence-corrected chi connectivity index (χ0v) is 15.0. The van der Waals surface area contributed by atoms with E-state index in [0.29, 0.717) is 0 Å². The first kappa shape index (κ1) is 16.6. The number of allylic oxidation sites excluding steroid dienone is 1. The van der Waals surface area contributed by atoms with Gasteiger partial charge in [-0.05, 0) is 54.9 Å². The maximum Gasteiger partial charge on any atom is 0.153 e. The van der Waals surface area contributed by atoms with Crippen LogP contribution >= 0.6 is 11.6 Å². The second-order valence-electron chi connectivity index (χ2n) is 7.35. The minimum Gasteiger partial charge on any atom is -0.509 e. The van der Waals surface area contributed by atoms with E-state index >= 15 is 0 Å². The first-order valence-corrected chi connectivity index (χ1v) is 8.73. The highest BCUT2D eigenvalue weighted by atomic mass is 35.5. The third-order valence-corrected chi connectivity index (χ3v) is 6.02. The van der Waals surface area contributed by atoms with Crippen molar-refractivity contribution in [3.63, 3.8) is 0 Å². The van der Waals surface area contributed by atoms with Gasteiger partial charge in [-0.2, -0.15) is 0 Å². The largest absolute Gasteiger partial charge is 0.509 e. The molecule has 0 spiro atoms. The minimum absolute atomic E-state index is 0.0413. The molecule has 2 aliphatic carbocycles. The first-order chi connectivity index (χ1) is 10.7. The van der Waals surface area contributed by atoms with Gasteiger partial charge in [0.2, 0.25) is 0 Å². The fourth-order valence-corrected chi connectivity index (χ4v) is 4.92. The van der Waals surface area contributed by atoms with Crippen molar-refractivity contribution in [3.8, 4) is 0 Å². The second-order valence-corrected chi connectivity index (χ2v) is 7.79. The molecule has 3 heteroatoms. The summed E-state index contributed by atoms with van der Waals surface area (Å²) in [4.78, 5) is 0. The van der Waals surface area contributed by atoms with Crippen LogP contribution in [0.25, 0.3) is 0 Å². The number of hydrogen-bond donors (Lipinski definition) is 2. The molecule has 0 saturated carbocycles. The van der Waals surface area contributed by atoms with Gasteiger partial charge >= 0.3 is 0 Å². The van der Waals surface area contributed by atoms with E-state index in [9.17, 15) is 10.2 Å². The molecule has 0 fully saturated rings. The van der Waals surface area contributed by atoms with Gasteiger partial charge in [-0.1, -0.05) is 38.1 Å². The van der Waals surface area contributed by atoms with Crippen molar-refractivity contribution in [3.05, 3.63) is 57.9 Å². The Hall–Kier alpha value is -1.25. The lowest BCUT2D eigenvalue weighted by atomic mass is 9.62. The number of aliphatic hydroxyl groups excluding tert-OH is 1. The molecular weight excluding hydrogens is 308 g/mol. The Bertz CT molecular complexity index is 717. The van der Waals surface area contributed by atoms with E-state index in [1.165, 1.54) is 0 Å². The highest BCUT2D eigenvalue weighted by Gasteiger charge is 2.53. The van der Waals surface area contributed by atoms with E-state index in [1.807, 2.05) is 26.8 Å². The van der Waals surface area contributed by atoms with Gasteiger partial charge < -0.3 is 10.2 Å². The molecule has 124 valence electrons. The van der Waals surface area contributed by atoms with Crippen molar-refractivity contribution in [2.75, 3.05) is 0 Å². The Balaban J connectivity index is 2.40. The van der Waals surface area contributed by atoms with Gasteiger partial charge in [0.15, 0.2) is 5.60 Å². The number of rotatable bonds is 2. The van der Waals surface area contributed by atoms with Gasteiger partial charge in [0, 0.05) is 11.5 Å². The van der Waals surface area contributed by atoms with Gasteiger partial charge in [-0.3, -0.25) is 0 Å². The minimum atomic E-state index is -1.40. The number of hydrogen-bond acceptors (Lipinski definition) is 2. The van der Waals surface area contributed by atoms with E-state index in [2.05, 4.69) is 19.6 Å². The molecule has 0 radical (unpaired) electrons. The van der Waals surface area contributed by atoms with E-state index in [-0.39, 0.29) is 17.6 Å². The van der Waals surface area contributed by atoms with Gasteiger partial charge in [0.05, 0.1) is 5.38 Å². The first-order valence-electron chi connectivity index (χ1n) is 8.29. The lowest BCUT2D eigenvalue weighted by molar-refractivity contribution is -0.0263. The number of benzene rings is 1. The lowest BCUT2D eigenvalue weighted by Gasteiger charge is -2.47. The summed E-state index contributed by atoms with van der Waals surface area (Å²) in [6, 6.07) is 4.08. The average Bonchev–Trinajstić information content (AvgIpc) is 2.46. The van der Waals surface area contributed by atoms with Gasteiger partial charge in [0.1, 0.15) is 5.76 Å². The van der Waals surface area contributed by atoms with Crippen molar-refractivity contribution in [2.24, 2.45) is 11.8 Å². The van der Waals surface area contributed by atoms with Crippen molar-refractivity contribution >= 4 is 11.6 Å². The molecule has 3 unspecified atom stereocenters. The van der Waals surface area contributed by atoms with E-state index in [1.54, 1.807) is 0 Å². The Morgan fingerprint density at radius 3 is 2.61 bits per heavy atom. The summed E-state index contributed by atoms with van der Waals surface area (Å²) in [6.45, 7) is 12.1. The predicted molar refractivity (Wildman–Crippen MR) is 94.8 cm³/mol. The summed E-state index contributed by atoms with van der Waals surface area (Å²) in [7, 11) is 0. The van der Waals surface area contributed by atoms with Gasteiger partial charge in [0.25, 0.3) is 0 Å². The van der Waals surface area contributed by atoms with Crippen LogP contribution in [0.5, 0.6) is 0 Å². The van der Waals surface area contributed by atoms with Gasteiger partial charge in [-0.25, -0.2) is 0 Å². The SMILES string of the molecule is C=C(C)C1CCc2c(C)ccc3c2C1(O)C(O)=C(C(C)C)C3Cl. The van der Waals surface area contributed by atoms with E-state index in [0.717, 1.165) is 46.2 Å². The zero-order valence-electron chi connectivity index (χ0n) is 14.3. The van der Waals surface area contributed by atoms with Crippen molar-refractivity contribution in [2.45, 2.75) is 51.5 Å². The molecule has 0 saturated heterocycles. The molecule has 0 bridgehead atoms. The van der Waals surface area contributed by atoms with E-state index < -0.39 is 11.0 Å². The molecule has 2 nitrogen and oxygen atoms in total. The molecule has 2 N–H and O–H groups in total. The summed E-state index contributed by atoms with van der Waals surface area (Å²) < 4.78 is 0. The third kappa shape index (κ3) is 2.11. The molecule has 3 atom stereocenters. The van der Waals surface area contributed by atoms with Crippen LogP contribution in [0, 0.1) is 18.8 Å². The maximum absolute atomic E-state index is 11.7. The Morgan fingerprint density at radius 1 is 1.39 bits per heavy atom. The molecular formula is C20H25ClO2. The van der Waals surface area contributed by atoms with Crippen LogP contribution < -0.4 is 0 Å². The molecule has 0 heterocycles. The summed E-state index contributed by atoms with van der Waals surface area (Å²) in [5.74, 6) is -0.0832. The smallest absolute Gasteiger partial charge is 0.153 e. The Kier molecular flexibility index (Phi) is 3.89. The van der Waals surface area contributed by atoms with Crippen LogP contribution in [-0.4, -0.2) is 10.2 Å². The average molecular weight is 333 g/mol. The van der Waals surface area contributed by atoms with Crippen LogP contribution in [-0.2, 0) is 12.0 Å². The van der Waals surface area contributed by atoms with Crippen LogP contribution in [0.15, 0.2) is 35.6 Å². The molecule has 0 amide bonds. The highest BCUT2D eigenvalue weighted by molar-refractivity contribution is 6.23. The number of aliphatic hydroxyl groups is 2. The van der Waals surface area contributed by atoms with Gasteiger partial charge in [-0.15, -0.1) is 11.6 Å². The molecule has 0 aromatic heterocycles. The van der Waals surface area contributed by atoms with Crippen LogP contribution in [0.3, 0.4) is 0 Å². The summed E-state index contributed by atoms with van der Waals surface area (Å²) in [5, 5.41) is 22.4. The highest BCUT2D eigenvalue weighted by Crippen LogP contribution is 2.56. The molecule has 23 heavy (non-hydrogen) atoms. The number of halogens is 1. The molecule has 1 aromatic rings. The lowest BCUT2D eigenvalue weighted by Crippen LogP contribution is -2.46. The Labute approximate surface area is 143 Å². The number of alkyl halides is 1. The van der Waals surface area contributed by atoms with Crippen LogP contribution in [0.2, 0.25) is 0 Å². The van der Waals surface area contributed by atoms with Crippen LogP contribution in [0.4, 0.5) is 0 Å². The normalized spacial score (nSPS) is 29.7. The summed E-state index contributed by atoms with van der Waals surface area (Å²) in [5.41, 5.74) is 4.25. The number of aryl methyl sites for hydroxylation is 1. The third-order valence-electron chi connectivity index (χ3n) is 5.55. The van der Waals surface area contributed by atoms with Crippen molar-refractivity contribution in [1.82, 2.24) is 0 Å². The summed E-state index contributed by atoms with van der Waals surface area (Å²) in [6.07, 6.45) is 1.66. The fraction of sp³-hybridized carbons (Fsp3) is 0.500. The van der Waals surface area contributed by atoms with Crippen molar-refractivity contribution in [1.29, 1.82) is 0 Å². The molecule has 1 aromatic carbocycles. The molecule has 3 rings (SSSR count). The molecule has 2 aliphatic rings. The predicted octanol–water partition coefficient (Wildman–Crippen LogP) is 5.08. The Morgan fingerprint density at radius 2 is 2.04 bits per heavy atom. The van der Waals surface area contributed by atoms with Crippen molar-refractivity contribution < 1.29 is 10.2 Å². The second kappa shape index (κ2) is 5.39. The topological polar surface area (TPSA) is 40.5 Å². The standard InChI is InChI=1S/C20H25ClO2/c1-10(2)15-9-8-13-12(5)6-7-14-17(13)20(15,23)19(22)16(11(3)4)18(14)21/h6-7,11,15,18,22-23H,1,8-9H2,2-5H3. The monoisotopic (exact) mass is 332 g/mol. The molecule has 0 aliphatic heterocycles.